The lowest BCUT2D eigenvalue weighted by atomic mass is 10.2. The molecule has 3 rings (SSSR count). The first-order chi connectivity index (χ1) is 9.69. The average molecular weight is 293 g/mol. The number of aliphatic hydroxyl groups is 1. The van der Waals surface area contributed by atoms with Crippen molar-refractivity contribution < 1.29 is 5.11 Å². The number of nitrogens with zero attached hydrogens (tertiary/aromatic N) is 3. The molecular formula is C14H17ClN4O. The van der Waals surface area contributed by atoms with Gasteiger partial charge in [-0.1, -0.05) is 17.7 Å². The largest absolute Gasteiger partial charge is 0.392 e. The van der Waals surface area contributed by atoms with Crippen LogP contribution in [0.4, 0.5) is 5.69 Å². The Kier molecular flexibility index (Phi) is 3.63. The molecule has 0 atom stereocenters. The number of anilines is 1. The van der Waals surface area contributed by atoms with Crippen LogP contribution in [0.15, 0.2) is 18.2 Å². The minimum atomic E-state index is 0.00319. The van der Waals surface area contributed by atoms with Crippen molar-refractivity contribution in [3.05, 3.63) is 40.4 Å². The molecule has 1 aromatic carbocycles. The zero-order valence-corrected chi connectivity index (χ0v) is 12.1. The van der Waals surface area contributed by atoms with Gasteiger partial charge < -0.3 is 15.0 Å². The molecule has 0 aliphatic heterocycles. The lowest BCUT2D eigenvalue weighted by Gasteiger charge is -2.11. The van der Waals surface area contributed by atoms with E-state index in [1.807, 2.05) is 19.1 Å². The quantitative estimate of drug-likeness (QED) is 0.889. The summed E-state index contributed by atoms with van der Waals surface area (Å²) in [7, 11) is 0. The number of aliphatic hydroxyl groups excluding tert-OH is 1. The smallest absolute Gasteiger partial charge is 0.152 e. The maximum Gasteiger partial charge on any atom is 0.152 e. The Morgan fingerprint density at radius 3 is 2.90 bits per heavy atom. The minimum Gasteiger partial charge on any atom is -0.392 e. The Balaban J connectivity index is 1.76. The summed E-state index contributed by atoms with van der Waals surface area (Å²) in [5.74, 6) is 1.88. The van der Waals surface area contributed by atoms with Crippen LogP contribution in [0.5, 0.6) is 0 Å². The molecule has 6 heteroatoms. The van der Waals surface area contributed by atoms with E-state index in [1.165, 1.54) is 12.8 Å². The van der Waals surface area contributed by atoms with E-state index in [0.29, 0.717) is 17.6 Å². The second-order valence-corrected chi connectivity index (χ2v) is 5.50. The van der Waals surface area contributed by atoms with Gasteiger partial charge in [-0.05, 0) is 37.5 Å². The normalized spacial score (nSPS) is 14.6. The van der Waals surface area contributed by atoms with Crippen LogP contribution in [0.2, 0.25) is 5.02 Å². The highest BCUT2D eigenvalue weighted by molar-refractivity contribution is 6.33. The molecule has 1 aromatic heterocycles. The summed E-state index contributed by atoms with van der Waals surface area (Å²) >= 11 is 6.15. The molecule has 2 aromatic rings. The first kappa shape index (κ1) is 13.4. The highest BCUT2D eigenvalue weighted by Crippen LogP contribution is 2.36. The number of nitrogens with one attached hydrogen (secondary N) is 1. The summed E-state index contributed by atoms with van der Waals surface area (Å²) in [5.41, 5.74) is 1.64. The molecule has 2 N–H and O–H groups in total. The summed E-state index contributed by atoms with van der Waals surface area (Å²) < 4.78 is 2.19. The maximum atomic E-state index is 9.17. The molecule has 1 aliphatic rings. The second-order valence-electron chi connectivity index (χ2n) is 5.09. The van der Waals surface area contributed by atoms with Crippen molar-refractivity contribution in [2.45, 2.75) is 39.0 Å². The molecule has 1 fully saturated rings. The molecular weight excluding hydrogens is 276 g/mol. The van der Waals surface area contributed by atoms with Gasteiger partial charge in [0.1, 0.15) is 5.82 Å². The lowest BCUT2D eigenvalue weighted by Crippen LogP contribution is -2.09. The summed E-state index contributed by atoms with van der Waals surface area (Å²) in [6.45, 7) is 2.56. The first-order valence-electron chi connectivity index (χ1n) is 6.72. The minimum absolute atomic E-state index is 0.00319. The highest BCUT2D eigenvalue weighted by atomic mass is 35.5. The molecule has 1 saturated carbocycles. The molecule has 106 valence electrons. The second kappa shape index (κ2) is 5.42. The Hall–Kier alpha value is -1.59. The zero-order valence-electron chi connectivity index (χ0n) is 11.3. The predicted octanol–water partition coefficient (Wildman–Crippen LogP) is 2.68. The van der Waals surface area contributed by atoms with E-state index >= 15 is 0 Å². The number of hydrogen-bond acceptors (Lipinski definition) is 4. The van der Waals surface area contributed by atoms with Crippen molar-refractivity contribution >= 4 is 17.3 Å². The van der Waals surface area contributed by atoms with Gasteiger partial charge in [0, 0.05) is 6.04 Å². The van der Waals surface area contributed by atoms with E-state index in [9.17, 15) is 0 Å². The van der Waals surface area contributed by atoms with Crippen LogP contribution >= 0.6 is 11.6 Å². The monoisotopic (exact) mass is 292 g/mol. The van der Waals surface area contributed by atoms with Crippen LogP contribution in [-0.4, -0.2) is 19.9 Å². The van der Waals surface area contributed by atoms with Crippen molar-refractivity contribution in [3.63, 3.8) is 0 Å². The number of aromatic nitrogens is 3. The molecule has 5 nitrogen and oxygen atoms in total. The van der Waals surface area contributed by atoms with Crippen molar-refractivity contribution in [2.75, 3.05) is 5.32 Å². The van der Waals surface area contributed by atoms with Crippen LogP contribution in [-0.2, 0) is 13.2 Å². The van der Waals surface area contributed by atoms with Gasteiger partial charge in [-0.15, -0.1) is 10.2 Å². The number of aryl methyl sites for hydroxylation is 1. The molecule has 20 heavy (non-hydrogen) atoms. The molecule has 0 unspecified atom stereocenters. The fourth-order valence-electron chi connectivity index (χ4n) is 2.32. The van der Waals surface area contributed by atoms with E-state index in [-0.39, 0.29) is 6.61 Å². The van der Waals surface area contributed by atoms with Crippen LogP contribution in [0.3, 0.4) is 0 Å². The number of benzene rings is 1. The van der Waals surface area contributed by atoms with E-state index < -0.39 is 0 Å². The van der Waals surface area contributed by atoms with Crippen molar-refractivity contribution in [3.8, 4) is 0 Å². The molecule has 0 saturated heterocycles. The number of rotatable bonds is 5. The van der Waals surface area contributed by atoms with Gasteiger partial charge in [-0.3, -0.25) is 0 Å². The fraction of sp³-hybridized carbons (Fsp3) is 0.429. The zero-order chi connectivity index (χ0) is 14.1. The number of hydrogen-bond donors (Lipinski definition) is 2. The standard InChI is InChI=1S/C14H17ClN4O/c1-9-17-18-14(19(9)11-3-4-11)7-16-13-6-10(8-20)2-5-12(13)15/h2,5-6,11,16,20H,3-4,7-8H2,1H3. The molecule has 1 aliphatic carbocycles. The van der Waals surface area contributed by atoms with Gasteiger partial charge in [-0.2, -0.15) is 0 Å². The topological polar surface area (TPSA) is 63.0 Å². The highest BCUT2D eigenvalue weighted by Gasteiger charge is 2.27. The Morgan fingerprint density at radius 1 is 1.40 bits per heavy atom. The van der Waals surface area contributed by atoms with Gasteiger partial charge in [0.05, 0.1) is 23.9 Å². The van der Waals surface area contributed by atoms with Crippen LogP contribution < -0.4 is 5.32 Å². The molecule has 0 radical (unpaired) electrons. The van der Waals surface area contributed by atoms with Gasteiger partial charge in [-0.25, -0.2) is 0 Å². The first-order valence-corrected chi connectivity index (χ1v) is 7.10. The average Bonchev–Trinajstić information content (AvgIpc) is 3.22. The summed E-state index contributed by atoms with van der Waals surface area (Å²) in [5, 5.41) is 21.4. The van der Waals surface area contributed by atoms with E-state index in [0.717, 1.165) is 22.9 Å². The van der Waals surface area contributed by atoms with Crippen LogP contribution in [0.25, 0.3) is 0 Å². The van der Waals surface area contributed by atoms with Gasteiger partial charge in [0.25, 0.3) is 0 Å². The van der Waals surface area contributed by atoms with E-state index in [2.05, 4.69) is 20.1 Å². The Labute approximate surface area is 122 Å². The van der Waals surface area contributed by atoms with Crippen LogP contribution in [0.1, 0.15) is 36.1 Å². The van der Waals surface area contributed by atoms with Crippen molar-refractivity contribution in [1.82, 2.24) is 14.8 Å². The van der Waals surface area contributed by atoms with Crippen LogP contribution in [0, 0.1) is 6.92 Å². The summed E-state index contributed by atoms with van der Waals surface area (Å²) in [4.78, 5) is 0. The van der Waals surface area contributed by atoms with Crippen molar-refractivity contribution in [2.24, 2.45) is 0 Å². The van der Waals surface area contributed by atoms with Gasteiger partial charge >= 0.3 is 0 Å². The maximum absolute atomic E-state index is 9.17. The van der Waals surface area contributed by atoms with Crippen molar-refractivity contribution in [1.29, 1.82) is 0 Å². The summed E-state index contributed by atoms with van der Waals surface area (Å²) in [6.07, 6.45) is 2.40. The third-order valence-corrected chi connectivity index (χ3v) is 3.83. The number of halogens is 1. The summed E-state index contributed by atoms with van der Waals surface area (Å²) in [6, 6.07) is 6.00. The SMILES string of the molecule is Cc1nnc(CNc2cc(CO)ccc2Cl)n1C1CC1. The predicted molar refractivity (Wildman–Crippen MR) is 77.7 cm³/mol. The Morgan fingerprint density at radius 2 is 2.20 bits per heavy atom. The third kappa shape index (κ3) is 2.64. The van der Waals surface area contributed by atoms with E-state index in [4.69, 9.17) is 16.7 Å². The van der Waals surface area contributed by atoms with Gasteiger partial charge in [0.2, 0.25) is 0 Å². The van der Waals surface area contributed by atoms with Gasteiger partial charge in [0.15, 0.2) is 5.82 Å². The third-order valence-electron chi connectivity index (χ3n) is 3.50. The fourth-order valence-corrected chi connectivity index (χ4v) is 2.51. The molecule has 0 spiro atoms. The molecule has 1 heterocycles. The molecule has 0 bridgehead atoms. The lowest BCUT2D eigenvalue weighted by molar-refractivity contribution is 0.282. The molecule has 0 amide bonds. The van der Waals surface area contributed by atoms with E-state index in [1.54, 1.807) is 6.07 Å². The Bertz CT molecular complexity index is 622.